The molecule has 1 heterocycles. The Morgan fingerprint density at radius 3 is 2.47 bits per heavy atom. The molecule has 0 saturated heterocycles. The van der Waals surface area contributed by atoms with Crippen molar-refractivity contribution in [2.45, 2.75) is 18.7 Å². The smallest absolute Gasteiger partial charge is 0.258 e. The number of amides is 1. The molecule has 3 aromatic rings. The maximum Gasteiger partial charge on any atom is 0.258 e. The summed E-state index contributed by atoms with van der Waals surface area (Å²) in [6, 6.07) is 11.1. The highest BCUT2D eigenvalue weighted by atomic mass is 35.5. The number of hydrogen-bond donors (Lipinski definition) is 2. The van der Waals surface area contributed by atoms with Gasteiger partial charge in [0.25, 0.3) is 5.91 Å². The van der Waals surface area contributed by atoms with E-state index in [4.69, 9.17) is 23.2 Å². The lowest BCUT2D eigenvalue weighted by Gasteiger charge is -2.19. The average molecular weight is 468 g/mol. The number of nitrogens with zero attached hydrogens (tertiary/aromatic N) is 3. The first-order chi connectivity index (χ1) is 14.3. The summed E-state index contributed by atoms with van der Waals surface area (Å²) in [6.07, 6.45) is 0. The van der Waals surface area contributed by atoms with E-state index in [0.29, 0.717) is 16.4 Å². The summed E-state index contributed by atoms with van der Waals surface area (Å²) in [5.74, 6) is -0.165. The lowest BCUT2D eigenvalue weighted by molar-refractivity contribution is 0.102. The Morgan fingerprint density at radius 1 is 1.10 bits per heavy atom. The molecule has 0 spiro atoms. The van der Waals surface area contributed by atoms with Crippen molar-refractivity contribution >= 4 is 45.1 Å². The van der Waals surface area contributed by atoms with Crippen LogP contribution < -0.4 is 5.32 Å². The van der Waals surface area contributed by atoms with Crippen molar-refractivity contribution in [2.75, 3.05) is 18.4 Å². The van der Waals surface area contributed by atoms with E-state index in [-0.39, 0.29) is 34.5 Å². The number of H-pyrrole nitrogens is 1. The topological polar surface area (TPSA) is 108 Å². The van der Waals surface area contributed by atoms with Gasteiger partial charge in [-0.1, -0.05) is 49.2 Å². The molecule has 0 aliphatic rings. The Kier molecular flexibility index (Phi) is 6.77. The van der Waals surface area contributed by atoms with Crippen LogP contribution in [0, 0.1) is 0 Å². The molecule has 0 bridgehead atoms. The first-order valence-corrected chi connectivity index (χ1v) is 11.3. The summed E-state index contributed by atoms with van der Waals surface area (Å²) in [5.41, 5.74) is 0.737. The number of benzene rings is 2. The Morgan fingerprint density at radius 2 is 1.80 bits per heavy atom. The van der Waals surface area contributed by atoms with Gasteiger partial charge in [0.05, 0.1) is 10.0 Å². The van der Waals surface area contributed by atoms with E-state index < -0.39 is 15.9 Å². The molecule has 3 rings (SSSR count). The fraction of sp³-hybridized carbons (Fsp3) is 0.211. The number of aromatic amines is 1. The van der Waals surface area contributed by atoms with Gasteiger partial charge in [-0.05, 0) is 30.3 Å². The van der Waals surface area contributed by atoms with Crippen LogP contribution >= 0.6 is 23.2 Å². The van der Waals surface area contributed by atoms with Gasteiger partial charge in [-0.2, -0.15) is 9.29 Å². The Balaban J connectivity index is 1.86. The van der Waals surface area contributed by atoms with Crippen molar-refractivity contribution in [3.8, 4) is 11.4 Å². The van der Waals surface area contributed by atoms with Crippen molar-refractivity contribution in [1.29, 1.82) is 0 Å². The molecule has 1 amide bonds. The van der Waals surface area contributed by atoms with Gasteiger partial charge in [0.2, 0.25) is 16.0 Å². The number of aromatic nitrogens is 3. The van der Waals surface area contributed by atoms with Crippen molar-refractivity contribution in [3.63, 3.8) is 0 Å². The normalized spacial score (nSPS) is 11.6. The van der Waals surface area contributed by atoms with E-state index in [1.54, 1.807) is 38.1 Å². The fourth-order valence-corrected chi connectivity index (χ4v) is 4.99. The predicted molar refractivity (Wildman–Crippen MR) is 116 cm³/mol. The minimum Gasteiger partial charge on any atom is -0.289 e. The third-order valence-corrected chi connectivity index (χ3v) is 7.22. The molecule has 0 radical (unpaired) electrons. The van der Waals surface area contributed by atoms with Crippen molar-refractivity contribution < 1.29 is 13.2 Å². The van der Waals surface area contributed by atoms with Gasteiger partial charge in [0.15, 0.2) is 5.82 Å². The number of carbonyl (C=O) groups excluding carboxylic acids is 1. The van der Waals surface area contributed by atoms with Crippen molar-refractivity contribution in [3.05, 3.63) is 58.1 Å². The average Bonchev–Trinajstić information content (AvgIpc) is 3.17. The molecule has 11 heteroatoms. The number of halogens is 2. The van der Waals surface area contributed by atoms with Gasteiger partial charge in [0.1, 0.15) is 4.90 Å². The summed E-state index contributed by atoms with van der Waals surface area (Å²) in [5, 5.41) is 9.73. The third-order valence-electron chi connectivity index (χ3n) is 4.36. The lowest BCUT2D eigenvalue weighted by atomic mass is 10.2. The summed E-state index contributed by atoms with van der Waals surface area (Å²) < 4.78 is 26.9. The van der Waals surface area contributed by atoms with Gasteiger partial charge in [-0.3, -0.25) is 15.2 Å². The number of rotatable bonds is 7. The zero-order valence-corrected chi connectivity index (χ0v) is 18.5. The lowest BCUT2D eigenvalue weighted by Crippen LogP contribution is -2.31. The summed E-state index contributed by atoms with van der Waals surface area (Å²) in [7, 11) is -3.83. The molecule has 0 atom stereocenters. The maximum atomic E-state index is 12.8. The molecule has 8 nitrogen and oxygen atoms in total. The Hall–Kier alpha value is -2.46. The predicted octanol–water partition coefficient (Wildman–Crippen LogP) is 4.06. The summed E-state index contributed by atoms with van der Waals surface area (Å²) in [6.45, 7) is 4.03. The van der Waals surface area contributed by atoms with E-state index in [1.807, 2.05) is 0 Å². The zero-order chi connectivity index (χ0) is 21.9. The Labute approximate surface area is 184 Å². The van der Waals surface area contributed by atoms with Crippen LogP contribution in [-0.2, 0) is 10.0 Å². The minimum absolute atomic E-state index is 0.0259. The van der Waals surface area contributed by atoms with Crippen LogP contribution in [0.4, 0.5) is 5.95 Å². The van der Waals surface area contributed by atoms with E-state index in [0.717, 1.165) is 0 Å². The van der Waals surface area contributed by atoms with Gasteiger partial charge < -0.3 is 0 Å². The molecule has 158 valence electrons. The van der Waals surface area contributed by atoms with Crippen molar-refractivity contribution in [2.24, 2.45) is 0 Å². The second-order valence-corrected chi connectivity index (χ2v) is 8.90. The van der Waals surface area contributed by atoms with Gasteiger partial charge in [-0.15, -0.1) is 5.10 Å². The van der Waals surface area contributed by atoms with Crippen LogP contribution in [0.15, 0.2) is 47.4 Å². The summed E-state index contributed by atoms with van der Waals surface area (Å²) >= 11 is 12.3. The number of hydrogen-bond acceptors (Lipinski definition) is 5. The SMILES string of the molecule is CCN(CC)S(=O)(=O)c1cc(C(=O)Nc2n[nH]c(-c3ccccc3Cl)n2)ccc1Cl. The molecule has 0 aliphatic heterocycles. The quantitative estimate of drug-likeness (QED) is 0.544. The second kappa shape index (κ2) is 9.13. The summed E-state index contributed by atoms with van der Waals surface area (Å²) in [4.78, 5) is 16.7. The third kappa shape index (κ3) is 4.49. The molecule has 0 saturated carbocycles. The highest BCUT2D eigenvalue weighted by molar-refractivity contribution is 7.89. The van der Waals surface area contributed by atoms with Crippen LogP contribution in [0.2, 0.25) is 10.0 Å². The molecule has 2 aromatic carbocycles. The fourth-order valence-electron chi connectivity index (χ4n) is 2.81. The highest BCUT2D eigenvalue weighted by Gasteiger charge is 2.26. The minimum atomic E-state index is -3.83. The molecule has 0 fully saturated rings. The largest absolute Gasteiger partial charge is 0.289 e. The van der Waals surface area contributed by atoms with Crippen molar-refractivity contribution in [1.82, 2.24) is 19.5 Å². The molecule has 1 aromatic heterocycles. The standard InChI is InChI=1S/C19H19Cl2N5O3S/c1-3-26(4-2)30(28,29)16-11-12(9-10-15(16)21)18(27)23-19-22-17(24-25-19)13-7-5-6-8-14(13)20/h5-11H,3-4H2,1-2H3,(H2,22,23,24,25,27). The van der Waals surface area contributed by atoms with Gasteiger partial charge in [-0.25, -0.2) is 8.42 Å². The first kappa shape index (κ1) is 22.2. The zero-order valence-electron chi connectivity index (χ0n) is 16.2. The van der Waals surface area contributed by atoms with Crippen LogP contribution in [0.3, 0.4) is 0 Å². The molecular weight excluding hydrogens is 449 g/mol. The molecule has 30 heavy (non-hydrogen) atoms. The monoisotopic (exact) mass is 467 g/mol. The maximum absolute atomic E-state index is 12.8. The molecule has 2 N–H and O–H groups in total. The number of nitrogens with one attached hydrogen (secondary N) is 2. The van der Waals surface area contributed by atoms with E-state index >= 15 is 0 Å². The van der Waals surface area contributed by atoms with E-state index in [9.17, 15) is 13.2 Å². The number of sulfonamides is 1. The van der Waals surface area contributed by atoms with Crippen LogP contribution in [0.5, 0.6) is 0 Å². The van der Waals surface area contributed by atoms with E-state index in [1.165, 1.54) is 22.5 Å². The molecular formula is C19H19Cl2N5O3S. The molecule has 0 aliphatic carbocycles. The van der Waals surface area contributed by atoms with Gasteiger partial charge in [0, 0.05) is 24.2 Å². The Bertz CT molecular complexity index is 1180. The number of anilines is 1. The first-order valence-electron chi connectivity index (χ1n) is 9.06. The second-order valence-electron chi connectivity index (χ2n) is 6.18. The van der Waals surface area contributed by atoms with Crippen LogP contribution in [-0.4, -0.2) is 46.9 Å². The number of carbonyl (C=O) groups is 1. The molecule has 0 unspecified atom stereocenters. The van der Waals surface area contributed by atoms with E-state index in [2.05, 4.69) is 20.5 Å². The van der Waals surface area contributed by atoms with Crippen LogP contribution in [0.1, 0.15) is 24.2 Å². The van der Waals surface area contributed by atoms with Crippen LogP contribution in [0.25, 0.3) is 11.4 Å². The highest BCUT2D eigenvalue weighted by Crippen LogP contribution is 2.27. The van der Waals surface area contributed by atoms with Gasteiger partial charge >= 0.3 is 0 Å².